The number of benzene rings is 1. The average molecular weight is 272 g/mol. The number of anilines is 1. The van der Waals surface area contributed by atoms with Gasteiger partial charge in [-0.25, -0.2) is 0 Å². The van der Waals surface area contributed by atoms with Crippen molar-refractivity contribution in [2.45, 2.75) is 45.1 Å². The molecule has 0 radical (unpaired) electrons. The number of hydrogen-bond donors (Lipinski definition) is 1. The maximum Gasteiger partial charge on any atom is 0.227 e. The van der Waals surface area contributed by atoms with Gasteiger partial charge in [0, 0.05) is 24.7 Å². The lowest BCUT2D eigenvalue weighted by Crippen LogP contribution is -2.32. The molecule has 1 saturated carbocycles. The first-order chi connectivity index (χ1) is 9.79. The third-order valence-corrected chi connectivity index (χ3v) is 4.39. The highest BCUT2D eigenvalue weighted by Crippen LogP contribution is 2.36. The molecule has 1 unspecified atom stereocenters. The van der Waals surface area contributed by atoms with Crippen LogP contribution in [0.3, 0.4) is 0 Å². The average Bonchev–Trinajstić information content (AvgIpc) is 3.27. The second kappa shape index (κ2) is 5.96. The number of nitrogens with one attached hydrogen (secondary N) is 1. The molecule has 1 heterocycles. The van der Waals surface area contributed by atoms with Gasteiger partial charge >= 0.3 is 0 Å². The van der Waals surface area contributed by atoms with Gasteiger partial charge in [0.1, 0.15) is 0 Å². The molecule has 0 aromatic heterocycles. The van der Waals surface area contributed by atoms with E-state index in [1.165, 1.54) is 18.4 Å². The summed E-state index contributed by atoms with van der Waals surface area (Å²) in [6.45, 7) is 3.98. The number of fused-ring (bicyclic) bond motifs is 1. The Hall–Kier alpha value is -1.35. The van der Waals surface area contributed by atoms with Gasteiger partial charge < -0.3 is 10.2 Å². The minimum Gasteiger partial charge on any atom is -0.312 e. The van der Waals surface area contributed by atoms with Crippen LogP contribution in [0.2, 0.25) is 0 Å². The molecule has 2 aliphatic rings. The Morgan fingerprint density at radius 3 is 2.85 bits per heavy atom. The standard InChI is InChI=1S/C17H24N2O/c1-2-18-15-7-5-11-19(17(20)12-13-9-10-13)16-8-4-3-6-14(15)16/h3-4,6,8,13,15,18H,2,5,7,9-12H2,1H3. The van der Waals surface area contributed by atoms with E-state index in [9.17, 15) is 4.79 Å². The molecular formula is C17H24N2O. The molecule has 20 heavy (non-hydrogen) atoms. The molecule has 3 rings (SSSR count). The van der Waals surface area contributed by atoms with E-state index in [1.54, 1.807) is 0 Å². The van der Waals surface area contributed by atoms with Crippen LogP contribution in [-0.4, -0.2) is 19.0 Å². The summed E-state index contributed by atoms with van der Waals surface area (Å²) < 4.78 is 0. The van der Waals surface area contributed by atoms with Gasteiger partial charge in [-0.1, -0.05) is 25.1 Å². The molecule has 0 spiro atoms. The lowest BCUT2D eigenvalue weighted by Gasteiger charge is -2.24. The van der Waals surface area contributed by atoms with Crippen molar-refractivity contribution in [3.63, 3.8) is 0 Å². The van der Waals surface area contributed by atoms with Crippen LogP contribution in [0.1, 0.15) is 50.6 Å². The van der Waals surface area contributed by atoms with E-state index in [2.05, 4.69) is 30.4 Å². The molecule has 108 valence electrons. The Bertz CT molecular complexity index is 482. The highest BCUT2D eigenvalue weighted by atomic mass is 16.2. The SMILES string of the molecule is CCNC1CCCN(C(=O)CC2CC2)c2ccccc21. The van der Waals surface area contributed by atoms with Crippen LogP contribution in [0.25, 0.3) is 0 Å². The molecule has 1 fully saturated rings. The number of para-hydroxylation sites is 1. The first kappa shape index (κ1) is 13.6. The van der Waals surface area contributed by atoms with E-state index in [-0.39, 0.29) is 0 Å². The number of rotatable bonds is 4. The number of hydrogen-bond acceptors (Lipinski definition) is 2. The van der Waals surface area contributed by atoms with Crippen molar-refractivity contribution < 1.29 is 4.79 Å². The number of carbonyl (C=O) groups is 1. The second-order valence-corrected chi connectivity index (χ2v) is 6.00. The Morgan fingerprint density at radius 2 is 2.10 bits per heavy atom. The predicted octanol–water partition coefficient (Wildman–Crippen LogP) is 3.26. The van der Waals surface area contributed by atoms with Crippen LogP contribution in [-0.2, 0) is 4.79 Å². The number of carbonyl (C=O) groups excluding carboxylic acids is 1. The van der Waals surface area contributed by atoms with Crippen molar-refractivity contribution in [3.8, 4) is 0 Å². The van der Waals surface area contributed by atoms with Crippen molar-refractivity contribution in [3.05, 3.63) is 29.8 Å². The summed E-state index contributed by atoms with van der Waals surface area (Å²) in [5.74, 6) is 0.972. The summed E-state index contributed by atoms with van der Waals surface area (Å²) in [5, 5.41) is 3.56. The molecule has 3 nitrogen and oxygen atoms in total. The van der Waals surface area contributed by atoms with E-state index in [0.29, 0.717) is 17.9 Å². The normalized spacial score (nSPS) is 22.2. The third-order valence-electron chi connectivity index (χ3n) is 4.39. The van der Waals surface area contributed by atoms with Gasteiger partial charge in [-0.15, -0.1) is 0 Å². The van der Waals surface area contributed by atoms with E-state index in [4.69, 9.17) is 0 Å². The monoisotopic (exact) mass is 272 g/mol. The van der Waals surface area contributed by atoms with Gasteiger partial charge in [-0.05, 0) is 49.8 Å². The van der Waals surface area contributed by atoms with Gasteiger partial charge in [0.15, 0.2) is 0 Å². The summed E-state index contributed by atoms with van der Waals surface area (Å²) in [6.07, 6.45) is 5.39. The van der Waals surface area contributed by atoms with Gasteiger partial charge in [0.2, 0.25) is 5.91 Å². The Balaban J connectivity index is 1.86. The van der Waals surface area contributed by atoms with Crippen LogP contribution in [0.4, 0.5) is 5.69 Å². The topological polar surface area (TPSA) is 32.3 Å². The minimum absolute atomic E-state index is 0.317. The first-order valence-electron chi connectivity index (χ1n) is 7.92. The quantitative estimate of drug-likeness (QED) is 0.912. The fraction of sp³-hybridized carbons (Fsp3) is 0.588. The maximum absolute atomic E-state index is 12.5. The molecule has 1 amide bonds. The van der Waals surface area contributed by atoms with E-state index < -0.39 is 0 Å². The lowest BCUT2D eigenvalue weighted by atomic mass is 10.0. The lowest BCUT2D eigenvalue weighted by molar-refractivity contribution is -0.118. The van der Waals surface area contributed by atoms with Crippen LogP contribution in [0.15, 0.2) is 24.3 Å². The van der Waals surface area contributed by atoms with E-state index in [0.717, 1.165) is 38.0 Å². The van der Waals surface area contributed by atoms with Crippen molar-refractivity contribution in [2.24, 2.45) is 5.92 Å². The van der Waals surface area contributed by atoms with E-state index >= 15 is 0 Å². The zero-order chi connectivity index (χ0) is 13.9. The molecule has 0 saturated heterocycles. The van der Waals surface area contributed by atoms with Gasteiger partial charge in [0.25, 0.3) is 0 Å². The molecule has 1 aromatic carbocycles. The van der Waals surface area contributed by atoms with Gasteiger partial charge in [0.05, 0.1) is 0 Å². The fourth-order valence-electron chi connectivity index (χ4n) is 3.15. The maximum atomic E-state index is 12.5. The molecule has 1 aliphatic heterocycles. The summed E-state index contributed by atoms with van der Waals surface area (Å²) in [6, 6.07) is 8.79. The Labute approximate surface area is 121 Å². The smallest absolute Gasteiger partial charge is 0.227 e. The van der Waals surface area contributed by atoms with Gasteiger partial charge in [-0.2, -0.15) is 0 Å². The molecule has 1 aliphatic carbocycles. The summed E-state index contributed by atoms with van der Waals surface area (Å²) in [4.78, 5) is 14.6. The molecule has 0 bridgehead atoms. The van der Waals surface area contributed by atoms with Crippen molar-refractivity contribution in [1.82, 2.24) is 5.32 Å². The number of amides is 1. The van der Waals surface area contributed by atoms with Crippen LogP contribution in [0.5, 0.6) is 0 Å². The largest absolute Gasteiger partial charge is 0.312 e. The zero-order valence-electron chi connectivity index (χ0n) is 12.3. The fourth-order valence-corrected chi connectivity index (χ4v) is 3.15. The Morgan fingerprint density at radius 1 is 1.30 bits per heavy atom. The number of nitrogens with zero attached hydrogens (tertiary/aromatic N) is 1. The third kappa shape index (κ3) is 2.88. The van der Waals surface area contributed by atoms with Crippen LogP contribution >= 0.6 is 0 Å². The van der Waals surface area contributed by atoms with Gasteiger partial charge in [-0.3, -0.25) is 4.79 Å². The highest BCUT2D eigenvalue weighted by Gasteiger charge is 2.30. The first-order valence-corrected chi connectivity index (χ1v) is 7.92. The van der Waals surface area contributed by atoms with Crippen molar-refractivity contribution >= 4 is 11.6 Å². The Kier molecular flexibility index (Phi) is 4.06. The van der Waals surface area contributed by atoms with Crippen molar-refractivity contribution in [2.75, 3.05) is 18.0 Å². The summed E-state index contributed by atoms with van der Waals surface area (Å²) >= 11 is 0. The second-order valence-electron chi connectivity index (χ2n) is 6.00. The highest BCUT2D eigenvalue weighted by molar-refractivity contribution is 5.94. The van der Waals surface area contributed by atoms with Crippen LogP contribution < -0.4 is 10.2 Å². The minimum atomic E-state index is 0.317. The van der Waals surface area contributed by atoms with E-state index in [1.807, 2.05) is 11.0 Å². The molecular weight excluding hydrogens is 248 g/mol. The summed E-state index contributed by atoms with van der Waals surface area (Å²) in [7, 11) is 0. The zero-order valence-corrected chi connectivity index (χ0v) is 12.3. The predicted molar refractivity (Wildman–Crippen MR) is 81.8 cm³/mol. The molecule has 1 N–H and O–H groups in total. The molecule has 3 heteroatoms. The van der Waals surface area contributed by atoms with Crippen molar-refractivity contribution in [1.29, 1.82) is 0 Å². The summed E-state index contributed by atoms with van der Waals surface area (Å²) in [5.41, 5.74) is 2.41. The molecule has 1 aromatic rings. The molecule has 1 atom stereocenters. The van der Waals surface area contributed by atoms with Crippen LogP contribution in [0, 0.1) is 5.92 Å².